The van der Waals surface area contributed by atoms with Crippen LogP contribution in [0.4, 0.5) is 18.9 Å². The number of nitrogens with zero attached hydrogens (tertiary/aromatic N) is 1. The van der Waals surface area contributed by atoms with E-state index in [1.807, 2.05) is 0 Å². The molecule has 0 aromatic heterocycles. The molecule has 4 nitrogen and oxygen atoms in total. The molecule has 2 amide bonds. The Morgan fingerprint density at radius 2 is 1.96 bits per heavy atom. The second kappa shape index (κ2) is 4.61. The summed E-state index contributed by atoms with van der Waals surface area (Å²) >= 11 is 5.60. The largest absolute Gasteiger partial charge is 0.417 e. The predicted octanol–water partition coefficient (Wildman–Crippen LogP) is 3.19. The number of benzene rings is 1. The quantitative estimate of drug-likeness (QED) is 0.573. The Morgan fingerprint density at radius 1 is 1.25 bits per heavy atom. The Hall–Kier alpha value is -1.86. The molecule has 1 aromatic carbocycles. The standard InChI is InChI=1S/C16H11ClF3NO3/c1-15-5-4-10(24-15)11-12(15)14(23)21(13(11)22)7-2-3-9(17)8(6-7)16(18,19)20/h2-6,10-12H,1H3. The lowest BCUT2D eigenvalue weighted by molar-refractivity contribution is -0.137. The molecule has 2 fully saturated rings. The second-order valence-corrected chi connectivity index (χ2v) is 6.71. The SMILES string of the molecule is CC12C=CC(O1)C1C(=O)N(c3ccc(Cl)c(C(F)(F)F)c3)C(=O)C12. The van der Waals surface area contributed by atoms with E-state index in [0.717, 1.165) is 17.0 Å². The molecule has 24 heavy (non-hydrogen) atoms. The first-order chi connectivity index (χ1) is 11.1. The van der Waals surface area contributed by atoms with Crippen LogP contribution < -0.4 is 4.90 Å². The van der Waals surface area contributed by atoms with Gasteiger partial charge in [-0.05, 0) is 25.1 Å². The van der Waals surface area contributed by atoms with E-state index in [9.17, 15) is 22.8 Å². The smallest absolute Gasteiger partial charge is 0.362 e. The van der Waals surface area contributed by atoms with Crippen LogP contribution in [-0.4, -0.2) is 23.5 Å². The zero-order valence-corrected chi connectivity index (χ0v) is 13.1. The zero-order valence-electron chi connectivity index (χ0n) is 12.3. The highest BCUT2D eigenvalue weighted by Crippen LogP contribution is 2.52. The molecule has 0 aliphatic carbocycles. The van der Waals surface area contributed by atoms with Crippen LogP contribution in [0.3, 0.4) is 0 Å². The van der Waals surface area contributed by atoms with Gasteiger partial charge < -0.3 is 4.74 Å². The molecule has 1 aromatic rings. The van der Waals surface area contributed by atoms with Gasteiger partial charge in [-0.1, -0.05) is 23.8 Å². The summed E-state index contributed by atoms with van der Waals surface area (Å²) in [5.74, 6) is -2.50. The van der Waals surface area contributed by atoms with Gasteiger partial charge in [0.1, 0.15) is 0 Å². The maximum atomic E-state index is 13.0. The van der Waals surface area contributed by atoms with Gasteiger partial charge in [-0.2, -0.15) is 13.2 Å². The highest BCUT2D eigenvalue weighted by molar-refractivity contribution is 6.31. The lowest BCUT2D eigenvalue weighted by atomic mass is 9.78. The number of amides is 2. The number of rotatable bonds is 1. The van der Waals surface area contributed by atoms with Gasteiger partial charge in [0.2, 0.25) is 11.8 Å². The van der Waals surface area contributed by atoms with Crippen LogP contribution in [-0.2, 0) is 20.5 Å². The third-order valence-electron chi connectivity index (χ3n) is 4.84. The van der Waals surface area contributed by atoms with Gasteiger partial charge in [0.05, 0.1) is 39.8 Å². The van der Waals surface area contributed by atoms with Gasteiger partial charge in [0.25, 0.3) is 0 Å². The van der Waals surface area contributed by atoms with Crippen LogP contribution in [0.5, 0.6) is 0 Å². The minimum Gasteiger partial charge on any atom is -0.362 e. The summed E-state index contributed by atoms with van der Waals surface area (Å²) in [6.07, 6.45) is -1.74. The first kappa shape index (κ1) is 15.7. The fraction of sp³-hybridized carbons (Fsp3) is 0.375. The van der Waals surface area contributed by atoms with Crippen LogP contribution in [0.15, 0.2) is 30.4 Å². The van der Waals surface area contributed by atoms with E-state index in [-0.39, 0.29) is 5.69 Å². The third kappa shape index (κ3) is 1.91. The van der Waals surface area contributed by atoms with Crippen LogP contribution in [0.2, 0.25) is 5.02 Å². The van der Waals surface area contributed by atoms with Gasteiger partial charge in [-0.15, -0.1) is 0 Å². The van der Waals surface area contributed by atoms with Crippen molar-refractivity contribution in [3.8, 4) is 0 Å². The minimum atomic E-state index is -4.68. The van der Waals surface area contributed by atoms with Gasteiger partial charge >= 0.3 is 6.18 Å². The predicted molar refractivity (Wildman–Crippen MR) is 78.3 cm³/mol. The van der Waals surface area contributed by atoms with Gasteiger partial charge in [-0.25, -0.2) is 4.90 Å². The average molecular weight is 358 g/mol. The van der Waals surface area contributed by atoms with E-state index in [4.69, 9.17) is 16.3 Å². The lowest BCUT2D eigenvalue weighted by Crippen LogP contribution is -2.38. The molecule has 0 saturated carbocycles. The lowest BCUT2D eigenvalue weighted by Gasteiger charge is -2.24. The summed E-state index contributed by atoms with van der Waals surface area (Å²) in [4.78, 5) is 26.2. The van der Waals surface area contributed by atoms with Crippen LogP contribution >= 0.6 is 11.6 Å². The van der Waals surface area contributed by atoms with Crippen LogP contribution in [0.25, 0.3) is 0 Å². The zero-order chi connectivity index (χ0) is 17.4. The van der Waals surface area contributed by atoms with E-state index in [0.29, 0.717) is 0 Å². The van der Waals surface area contributed by atoms with Crippen molar-refractivity contribution < 1.29 is 27.5 Å². The molecule has 4 atom stereocenters. The highest BCUT2D eigenvalue weighted by atomic mass is 35.5. The normalized spacial score (nSPS) is 34.4. The Morgan fingerprint density at radius 3 is 2.58 bits per heavy atom. The third-order valence-corrected chi connectivity index (χ3v) is 5.17. The maximum Gasteiger partial charge on any atom is 0.417 e. The number of imide groups is 1. The number of carbonyl (C=O) groups is 2. The number of hydrogen-bond donors (Lipinski definition) is 0. The second-order valence-electron chi connectivity index (χ2n) is 6.30. The Balaban J connectivity index is 1.77. The molecule has 4 rings (SSSR count). The molecule has 3 aliphatic heterocycles. The van der Waals surface area contributed by atoms with E-state index >= 15 is 0 Å². The van der Waals surface area contributed by atoms with Crippen molar-refractivity contribution in [3.63, 3.8) is 0 Å². The summed E-state index contributed by atoms with van der Waals surface area (Å²) in [5.41, 5.74) is -2.10. The van der Waals surface area contributed by atoms with Crippen molar-refractivity contribution in [2.75, 3.05) is 4.90 Å². The van der Waals surface area contributed by atoms with Crippen molar-refractivity contribution in [2.45, 2.75) is 24.8 Å². The molecular weight excluding hydrogens is 347 g/mol. The van der Waals surface area contributed by atoms with E-state index in [1.165, 1.54) is 6.07 Å². The first-order valence-electron chi connectivity index (χ1n) is 7.25. The van der Waals surface area contributed by atoms with Crippen molar-refractivity contribution in [3.05, 3.63) is 40.9 Å². The molecule has 4 unspecified atom stereocenters. The molecule has 0 spiro atoms. The minimum absolute atomic E-state index is 0.126. The molecule has 8 heteroatoms. The average Bonchev–Trinajstić information content (AvgIpc) is 3.08. The molecule has 0 radical (unpaired) electrons. The van der Waals surface area contributed by atoms with Crippen molar-refractivity contribution in [2.24, 2.45) is 11.8 Å². The number of fused-ring (bicyclic) bond motifs is 5. The Kier molecular flexibility index (Phi) is 3.01. The molecule has 3 heterocycles. The summed E-state index contributed by atoms with van der Waals surface area (Å²) < 4.78 is 44.8. The highest BCUT2D eigenvalue weighted by Gasteiger charge is 2.66. The van der Waals surface area contributed by atoms with Crippen LogP contribution in [0, 0.1) is 11.8 Å². The van der Waals surface area contributed by atoms with E-state index < -0.39 is 52.1 Å². The topological polar surface area (TPSA) is 46.6 Å². The molecule has 0 N–H and O–H groups in total. The molecule has 126 valence electrons. The van der Waals surface area contributed by atoms with Crippen molar-refractivity contribution in [1.82, 2.24) is 0 Å². The molecule has 2 bridgehead atoms. The number of ether oxygens (including phenoxy) is 1. The number of carbonyl (C=O) groups excluding carboxylic acids is 2. The van der Waals surface area contributed by atoms with Gasteiger partial charge in [-0.3, -0.25) is 9.59 Å². The Bertz CT molecular complexity index is 806. The molecular formula is C16H11ClF3NO3. The van der Waals surface area contributed by atoms with Gasteiger partial charge in [0.15, 0.2) is 0 Å². The van der Waals surface area contributed by atoms with Crippen molar-refractivity contribution in [1.29, 1.82) is 0 Å². The summed E-state index contributed by atoms with van der Waals surface area (Å²) in [5, 5.41) is -0.484. The van der Waals surface area contributed by atoms with Crippen LogP contribution in [0.1, 0.15) is 12.5 Å². The van der Waals surface area contributed by atoms with E-state index in [1.54, 1.807) is 19.1 Å². The first-order valence-corrected chi connectivity index (χ1v) is 7.63. The molecule has 2 saturated heterocycles. The van der Waals surface area contributed by atoms with Crippen molar-refractivity contribution >= 4 is 29.1 Å². The summed E-state index contributed by atoms with van der Waals surface area (Å²) in [6, 6.07) is 3.02. The number of hydrogen-bond acceptors (Lipinski definition) is 3. The fourth-order valence-corrected chi connectivity index (χ4v) is 4.00. The van der Waals surface area contributed by atoms with E-state index in [2.05, 4.69) is 0 Å². The summed E-state index contributed by atoms with van der Waals surface area (Å²) in [7, 11) is 0. The monoisotopic (exact) mass is 357 g/mol. The summed E-state index contributed by atoms with van der Waals surface area (Å²) in [6.45, 7) is 1.70. The maximum absolute atomic E-state index is 13.0. The number of anilines is 1. The fourth-order valence-electron chi connectivity index (χ4n) is 3.78. The number of halogens is 4. The molecule has 3 aliphatic rings. The van der Waals surface area contributed by atoms with Gasteiger partial charge in [0, 0.05) is 0 Å². The Labute approximate surface area is 139 Å². The number of alkyl halides is 3.